The highest BCUT2D eigenvalue weighted by atomic mass is 16.3. The third kappa shape index (κ3) is 3.50. The van der Waals surface area contributed by atoms with Gasteiger partial charge in [0.15, 0.2) is 0 Å². The molecular formula is C17H29N3O. The molecule has 1 saturated heterocycles. The lowest BCUT2D eigenvalue weighted by atomic mass is 10.1. The molecule has 1 aliphatic rings. The number of rotatable bonds is 5. The average molecular weight is 291 g/mol. The lowest BCUT2D eigenvalue weighted by Gasteiger charge is -2.23. The molecule has 0 bridgehead atoms. The van der Waals surface area contributed by atoms with Crippen molar-refractivity contribution >= 4 is 5.69 Å². The first-order chi connectivity index (χ1) is 9.93. The summed E-state index contributed by atoms with van der Waals surface area (Å²) in [5.41, 5.74) is 2.09. The zero-order chi connectivity index (χ0) is 15.6. The molecule has 3 unspecified atom stereocenters. The molecule has 2 N–H and O–H groups in total. The Morgan fingerprint density at radius 3 is 2.62 bits per heavy atom. The number of aromatic hydroxyl groups is 1. The summed E-state index contributed by atoms with van der Waals surface area (Å²) < 4.78 is 0. The molecule has 3 atom stereocenters. The van der Waals surface area contributed by atoms with Gasteiger partial charge in [-0.05, 0) is 39.5 Å². The van der Waals surface area contributed by atoms with E-state index in [4.69, 9.17) is 0 Å². The first-order valence-electron chi connectivity index (χ1n) is 7.91. The minimum absolute atomic E-state index is 0.177. The highest BCUT2D eigenvalue weighted by molar-refractivity contribution is 5.55. The van der Waals surface area contributed by atoms with Crippen LogP contribution in [-0.4, -0.2) is 49.8 Å². The van der Waals surface area contributed by atoms with E-state index >= 15 is 0 Å². The number of hydrogen-bond donors (Lipinski definition) is 2. The SMILES string of the molecule is CCNC(C)c1ccc(N2CC(C)C(N(C)C)C2)cc1O. The predicted octanol–water partition coefficient (Wildman–Crippen LogP) is 2.45. The van der Waals surface area contributed by atoms with Crippen molar-refractivity contribution in [3.05, 3.63) is 23.8 Å². The van der Waals surface area contributed by atoms with Gasteiger partial charge in [-0.3, -0.25) is 0 Å². The van der Waals surface area contributed by atoms with Crippen molar-refractivity contribution in [2.24, 2.45) is 5.92 Å². The van der Waals surface area contributed by atoms with E-state index in [1.54, 1.807) is 0 Å². The van der Waals surface area contributed by atoms with Gasteiger partial charge in [0.1, 0.15) is 5.75 Å². The standard InChI is InChI=1S/C17H29N3O/c1-6-18-13(3)15-8-7-14(9-17(15)21)20-10-12(2)16(11-20)19(4)5/h7-9,12-13,16,18,21H,6,10-11H2,1-5H3. The van der Waals surface area contributed by atoms with Crippen molar-refractivity contribution in [2.75, 3.05) is 38.6 Å². The fourth-order valence-electron chi connectivity index (χ4n) is 3.34. The molecule has 0 spiro atoms. The fraction of sp³-hybridized carbons (Fsp3) is 0.647. The predicted molar refractivity (Wildman–Crippen MR) is 89.1 cm³/mol. The summed E-state index contributed by atoms with van der Waals surface area (Å²) in [6, 6.07) is 6.84. The molecule has 4 heteroatoms. The van der Waals surface area contributed by atoms with Crippen LogP contribution in [-0.2, 0) is 0 Å². The lowest BCUT2D eigenvalue weighted by Crippen LogP contribution is -2.34. The average Bonchev–Trinajstić information content (AvgIpc) is 2.81. The van der Waals surface area contributed by atoms with Crippen LogP contribution in [0.2, 0.25) is 0 Å². The largest absolute Gasteiger partial charge is 0.508 e. The molecule has 2 rings (SSSR count). The monoisotopic (exact) mass is 291 g/mol. The molecule has 1 heterocycles. The maximum Gasteiger partial charge on any atom is 0.122 e. The van der Waals surface area contributed by atoms with Gasteiger partial charge in [0.25, 0.3) is 0 Å². The first-order valence-corrected chi connectivity index (χ1v) is 7.91. The number of benzene rings is 1. The molecule has 1 fully saturated rings. The molecule has 118 valence electrons. The Labute approximate surface area is 128 Å². The second-order valence-electron chi connectivity index (χ2n) is 6.44. The Balaban J connectivity index is 2.14. The third-order valence-electron chi connectivity index (χ3n) is 4.59. The minimum Gasteiger partial charge on any atom is -0.508 e. The van der Waals surface area contributed by atoms with E-state index in [1.807, 2.05) is 12.1 Å². The second-order valence-corrected chi connectivity index (χ2v) is 6.44. The highest BCUT2D eigenvalue weighted by Gasteiger charge is 2.31. The van der Waals surface area contributed by atoms with E-state index in [9.17, 15) is 5.11 Å². The van der Waals surface area contributed by atoms with Crippen molar-refractivity contribution in [3.8, 4) is 5.75 Å². The summed E-state index contributed by atoms with van der Waals surface area (Å²) in [5, 5.41) is 13.7. The zero-order valence-corrected chi connectivity index (χ0v) is 13.9. The van der Waals surface area contributed by atoms with Gasteiger partial charge in [-0.15, -0.1) is 0 Å². The van der Waals surface area contributed by atoms with Crippen LogP contribution in [0.3, 0.4) is 0 Å². The van der Waals surface area contributed by atoms with E-state index in [0.717, 1.165) is 30.9 Å². The van der Waals surface area contributed by atoms with E-state index in [2.05, 4.69) is 56.0 Å². The molecule has 1 aliphatic heterocycles. The van der Waals surface area contributed by atoms with Crippen molar-refractivity contribution in [1.29, 1.82) is 0 Å². The minimum atomic E-state index is 0.177. The maximum absolute atomic E-state index is 10.3. The van der Waals surface area contributed by atoms with Crippen molar-refractivity contribution < 1.29 is 5.11 Å². The van der Waals surface area contributed by atoms with Crippen molar-refractivity contribution in [1.82, 2.24) is 10.2 Å². The van der Waals surface area contributed by atoms with Crippen LogP contribution in [0.4, 0.5) is 5.69 Å². The molecule has 4 nitrogen and oxygen atoms in total. The molecule has 0 aromatic heterocycles. The van der Waals surface area contributed by atoms with Crippen LogP contribution in [0.25, 0.3) is 0 Å². The van der Waals surface area contributed by atoms with Crippen molar-refractivity contribution in [3.63, 3.8) is 0 Å². The number of nitrogens with zero attached hydrogens (tertiary/aromatic N) is 2. The molecule has 0 amide bonds. The second kappa shape index (κ2) is 6.67. The number of anilines is 1. The molecular weight excluding hydrogens is 262 g/mol. The van der Waals surface area contributed by atoms with Gasteiger partial charge in [0, 0.05) is 42.5 Å². The van der Waals surface area contributed by atoms with Gasteiger partial charge >= 0.3 is 0 Å². The smallest absolute Gasteiger partial charge is 0.122 e. The summed E-state index contributed by atoms with van der Waals surface area (Å²) >= 11 is 0. The normalized spacial score (nSPS) is 23.8. The Morgan fingerprint density at radius 1 is 1.38 bits per heavy atom. The van der Waals surface area contributed by atoms with E-state index in [0.29, 0.717) is 17.7 Å². The Morgan fingerprint density at radius 2 is 2.10 bits per heavy atom. The number of nitrogens with one attached hydrogen (secondary N) is 1. The summed E-state index contributed by atoms with van der Waals surface area (Å²) in [6.45, 7) is 9.43. The highest BCUT2D eigenvalue weighted by Crippen LogP contribution is 2.32. The van der Waals surface area contributed by atoms with Crippen LogP contribution in [0, 0.1) is 5.92 Å². The molecule has 0 aliphatic carbocycles. The number of likely N-dealkylation sites (N-methyl/N-ethyl adjacent to an activating group) is 1. The van der Waals surface area contributed by atoms with Gasteiger partial charge in [-0.2, -0.15) is 0 Å². The van der Waals surface area contributed by atoms with Gasteiger partial charge in [0.2, 0.25) is 0 Å². The molecule has 0 radical (unpaired) electrons. The Hall–Kier alpha value is -1.26. The Kier molecular flexibility index (Phi) is 5.12. The van der Waals surface area contributed by atoms with E-state index < -0.39 is 0 Å². The maximum atomic E-state index is 10.3. The quantitative estimate of drug-likeness (QED) is 0.874. The van der Waals surface area contributed by atoms with Gasteiger partial charge < -0.3 is 20.2 Å². The number of hydrogen-bond acceptors (Lipinski definition) is 4. The molecule has 0 saturated carbocycles. The van der Waals surface area contributed by atoms with Crippen LogP contribution in [0.1, 0.15) is 32.4 Å². The summed E-state index contributed by atoms with van der Waals surface area (Å²) in [4.78, 5) is 4.67. The van der Waals surface area contributed by atoms with E-state index in [-0.39, 0.29) is 6.04 Å². The summed E-state index contributed by atoms with van der Waals surface area (Å²) in [5.74, 6) is 1.03. The van der Waals surface area contributed by atoms with Crippen LogP contribution < -0.4 is 10.2 Å². The summed E-state index contributed by atoms with van der Waals surface area (Å²) in [6.07, 6.45) is 0. The third-order valence-corrected chi connectivity index (χ3v) is 4.59. The van der Waals surface area contributed by atoms with Crippen LogP contribution in [0.15, 0.2) is 18.2 Å². The van der Waals surface area contributed by atoms with Gasteiger partial charge in [-0.25, -0.2) is 0 Å². The topological polar surface area (TPSA) is 38.7 Å². The first kappa shape index (κ1) is 16.1. The number of phenolic OH excluding ortho intramolecular Hbond substituents is 1. The van der Waals surface area contributed by atoms with Crippen LogP contribution in [0.5, 0.6) is 5.75 Å². The summed E-state index contributed by atoms with van der Waals surface area (Å²) in [7, 11) is 4.28. The van der Waals surface area contributed by atoms with Gasteiger partial charge in [-0.1, -0.05) is 19.9 Å². The zero-order valence-electron chi connectivity index (χ0n) is 13.9. The van der Waals surface area contributed by atoms with Gasteiger partial charge in [0.05, 0.1) is 0 Å². The molecule has 1 aromatic carbocycles. The van der Waals surface area contributed by atoms with Crippen molar-refractivity contribution in [2.45, 2.75) is 32.9 Å². The van der Waals surface area contributed by atoms with Crippen LogP contribution >= 0.6 is 0 Å². The Bertz CT molecular complexity index is 475. The van der Waals surface area contributed by atoms with E-state index in [1.165, 1.54) is 0 Å². The number of phenols is 1. The lowest BCUT2D eigenvalue weighted by molar-refractivity contribution is 0.266. The molecule has 1 aromatic rings. The fourth-order valence-corrected chi connectivity index (χ4v) is 3.34. The molecule has 21 heavy (non-hydrogen) atoms.